The molecule has 3 nitrogen and oxygen atoms in total. The van der Waals surface area contributed by atoms with Crippen LogP contribution in [0.15, 0.2) is 0 Å². The van der Waals surface area contributed by atoms with Crippen LogP contribution in [0, 0.1) is 0 Å². The van der Waals surface area contributed by atoms with Gasteiger partial charge in [0.25, 0.3) is 0 Å². The van der Waals surface area contributed by atoms with E-state index in [0.29, 0.717) is 5.90 Å². The first-order valence-corrected chi connectivity index (χ1v) is 2.86. The Balaban J connectivity index is 2.84. The zero-order valence-electron chi connectivity index (χ0n) is 5.82. The third-order valence-corrected chi connectivity index (χ3v) is 1.24. The van der Waals surface area contributed by atoms with Gasteiger partial charge in [-0.1, -0.05) is 0 Å². The predicted molar refractivity (Wildman–Crippen MR) is 31.8 cm³/mol. The SMILES string of the molecule is CC1=[NH+]C(=O)C(C)(C)O1. The van der Waals surface area contributed by atoms with Gasteiger partial charge in [0.05, 0.1) is 6.92 Å². The second kappa shape index (κ2) is 1.56. The third kappa shape index (κ3) is 0.943. The van der Waals surface area contributed by atoms with E-state index in [9.17, 15) is 4.79 Å². The fourth-order valence-corrected chi connectivity index (χ4v) is 0.765. The Morgan fingerprint density at radius 3 is 2.22 bits per heavy atom. The summed E-state index contributed by atoms with van der Waals surface area (Å²) in [6, 6.07) is 0. The molecule has 0 spiro atoms. The molecule has 1 aliphatic heterocycles. The molecule has 0 bridgehead atoms. The van der Waals surface area contributed by atoms with Crippen LogP contribution < -0.4 is 4.99 Å². The smallest absolute Gasteiger partial charge is 0.426 e. The van der Waals surface area contributed by atoms with Crippen molar-refractivity contribution in [2.45, 2.75) is 26.4 Å². The number of hydrogen-bond donors (Lipinski definition) is 1. The van der Waals surface area contributed by atoms with E-state index in [1.54, 1.807) is 20.8 Å². The predicted octanol–water partition coefficient (Wildman–Crippen LogP) is -1.18. The fourth-order valence-electron chi connectivity index (χ4n) is 0.765. The Kier molecular flexibility index (Phi) is 1.08. The minimum atomic E-state index is -0.663. The van der Waals surface area contributed by atoms with Gasteiger partial charge in [-0.3, -0.25) is 0 Å². The minimum Gasteiger partial charge on any atom is -0.426 e. The molecule has 0 aromatic heterocycles. The molecule has 0 saturated heterocycles. The first kappa shape index (κ1) is 6.26. The monoisotopic (exact) mass is 128 g/mol. The quantitative estimate of drug-likeness (QED) is 0.446. The van der Waals surface area contributed by atoms with Gasteiger partial charge >= 0.3 is 11.8 Å². The van der Waals surface area contributed by atoms with E-state index in [1.807, 2.05) is 0 Å². The van der Waals surface area contributed by atoms with E-state index < -0.39 is 5.60 Å². The minimum absolute atomic E-state index is 0.0694. The number of amides is 1. The van der Waals surface area contributed by atoms with Gasteiger partial charge in [-0.05, 0) is 13.8 Å². The summed E-state index contributed by atoms with van der Waals surface area (Å²) in [5.74, 6) is 0.519. The summed E-state index contributed by atoms with van der Waals surface area (Å²) in [5, 5.41) is 0. The van der Waals surface area contributed by atoms with Gasteiger partial charge in [-0.25, -0.2) is 4.79 Å². The maximum absolute atomic E-state index is 10.8. The molecule has 50 valence electrons. The van der Waals surface area contributed by atoms with Crippen LogP contribution in [0.2, 0.25) is 0 Å². The van der Waals surface area contributed by atoms with Gasteiger partial charge in [-0.2, -0.15) is 0 Å². The number of ether oxygens (including phenoxy) is 1. The van der Waals surface area contributed by atoms with Crippen molar-refractivity contribution in [3.05, 3.63) is 0 Å². The number of carbonyl (C=O) groups excluding carboxylic acids is 1. The molecule has 9 heavy (non-hydrogen) atoms. The highest BCUT2D eigenvalue weighted by Crippen LogP contribution is 2.08. The summed E-state index contributed by atoms with van der Waals surface area (Å²) in [5.41, 5.74) is -0.663. The van der Waals surface area contributed by atoms with Crippen LogP contribution in [0.3, 0.4) is 0 Å². The lowest BCUT2D eigenvalue weighted by molar-refractivity contribution is -0.374. The van der Waals surface area contributed by atoms with E-state index in [0.717, 1.165) is 0 Å². The molecule has 1 heterocycles. The van der Waals surface area contributed by atoms with Crippen LogP contribution in [0.4, 0.5) is 0 Å². The van der Waals surface area contributed by atoms with Crippen molar-refractivity contribution in [2.24, 2.45) is 0 Å². The topological polar surface area (TPSA) is 40.3 Å². The summed E-state index contributed by atoms with van der Waals surface area (Å²) in [7, 11) is 0. The molecule has 0 unspecified atom stereocenters. The summed E-state index contributed by atoms with van der Waals surface area (Å²) in [4.78, 5) is 13.4. The van der Waals surface area contributed by atoms with Gasteiger partial charge in [0, 0.05) is 0 Å². The largest absolute Gasteiger partial charge is 0.431 e. The van der Waals surface area contributed by atoms with Crippen LogP contribution in [0.1, 0.15) is 20.8 Å². The molecule has 0 radical (unpaired) electrons. The lowest BCUT2D eigenvalue weighted by Gasteiger charge is -2.07. The van der Waals surface area contributed by atoms with Crippen LogP contribution in [0.5, 0.6) is 0 Å². The van der Waals surface area contributed by atoms with Crippen molar-refractivity contribution in [1.82, 2.24) is 0 Å². The summed E-state index contributed by atoms with van der Waals surface area (Å²) in [6.45, 7) is 5.20. The second-order valence-corrected chi connectivity index (χ2v) is 2.62. The maximum Gasteiger partial charge on any atom is 0.431 e. The van der Waals surface area contributed by atoms with E-state index in [-0.39, 0.29) is 5.91 Å². The summed E-state index contributed by atoms with van der Waals surface area (Å²) < 4.78 is 5.12. The zero-order valence-corrected chi connectivity index (χ0v) is 5.82. The molecule has 1 rings (SSSR count). The molecule has 0 fully saturated rings. The highest BCUT2D eigenvalue weighted by atomic mass is 16.5. The molecule has 1 N–H and O–H groups in total. The summed E-state index contributed by atoms with van der Waals surface area (Å²) in [6.07, 6.45) is 0. The maximum atomic E-state index is 10.8. The molecule has 0 aliphatic carbocycles. The molecule has 3 heteroatoms. The van der Waals surface area contributed by atoms with Gasteiger partial charge in [0.15, 0.2) is 0 Å². The number of rotatable bonds is 0. The lowest BCUT2D eigenvalue weighted by atomic mass is 10.1. The van der Waals surface area contributed by atoms with Gasteiger partial charge < -0.3 is 4.74 Å². The molecule has 0 atom stereocenters. The average molecular weight is 128 g/mol. The third-order valence-electron chi connectivity index (χ3n) is 1.24. The zero-order chi connectivity index (χ0) is 7.07. The van der Waals surface area contributed by atoms with Gasteiger partial charge in [-0.15, -0.1) is 4.99 Å². The van der Waals surface area contributed by atoms with E-state index in [4.69, 9.17) is 4.74 Å². The normalized spacial score (nSPS) is 23.4. The van der Waals surface area contributed by atoms with Crippen molar-refractivity contribution in [3.63, 3.8) is 0 Å². The Labute approximate surface area is 53.7 Å². The molecule has 1 amide bonds. The number of carbonyl (C=O) groups is 1. The molecule has 1 aliphatic rings. The highest BCUT2D eigenvalue weighted by molar-refractivity contribution is 5.87. The van der Waals surface area contributed by atoms with Crippen LogP contribution >= 0.6 is 0 Å². The highest BCUT2D eigenvalue weighted by Gasteiger charge is 2.42. The molecule has 0 aromatic carbocycles. The molecular weight excluding hydrogens is 118 g/mol. The Morgan fingerprint density at radius 2 is 2.11 bits per heavy atom. The van der Waals surface area contributed by atoms with E-state index >= 15 is 0 Å². The van der Waals surface area contributed by atoms with Crippen LogP contribution in [-0.2, 0) is 9.53 Å². The van der Waals surface area contributed by atoms with Crippen molar-refractivity contribution < 1.29 is 14.5 Å². The molecule has 0 aromatic rings. The van der Waals surface area contributed by atoms with Crippen LogP contribution in [0.25, 0.3) is 0 Å². The Hall–Kier alpha value is -0.860. The first-order chi connectivity index (χ1) is 4.02. The second-order valence-electron chi connectivity index (χ2n) is 2.62. The Morgan fingerprint density at radius 1 is 1.56 bits per heavy atom. The first-order valence-electron chi connectivity index (χ1n) is 2.86. The number of nitrogens with one attached hydrogen (secondary N) is 1. The van der Waals surface area contributed by atoms with Crippen molar-refractivity contribution >= 4 is 11.8 Å². The van der Waals surface area contributed by atoms with E-state index in [2.05, 4.69) is 4.99 Å². The van der Waals surface area contributed by atoms with Crippen molar-refractivity contribution in [2.75, 3.05) is 0 Å². The van der Waals surface area contributed by atoms with Crippen molar-refractivity contribution in [3.8, 4) is 0 Å². The standard InChI is InChI=1S/C6H9NO2/c1-4-7-5(8)6(2,3)9-4/h1-3H3/p+1. The van der Waals surface area contributed by atoms with Crippen LogP contribution in [-0.4, -0.2) is 17.4 Å². The molecule has 0 saturated carbocycles. The lowest BCUT2D eigenvalue weighted by Crippen LogP contribution is -2.76. The summed E-state index contributed by atoms with van der Waals surface area (Å²) >= 11 is 0. The van der Waals surface area contributed by atoms with Crippen molar-refractivity contribution in [1.29, 1.82) is 0 Å². The fraction of sp³-hybridized carbons (Fsp3) is 0.667. The van der Waals surface area contributed by atoms with Gasteiger partial charge in [0.1, 0.15) is 0 Å². The number of hydrogen-bond acceptors (Lipinski definition) is 2. The average Bonchev–Trinajstić information content (AvgIpc) is 1.79. The molecular formula is C6H10NO2+. The Bertz CT molecular complexity index is 181. The van der Waals surface area contributed by atoms with E-state index in [1.165, 1.54) is 0 Å². The van der Waals surface area contributed by atoms with Gasteiger partial charge in [0.2, 0.25) is 5.60 Å².